The van der Waals surface area contributed by atoms with Gasteiger partial charge in [-0.1, -0.05) is 0 Å². The van der Waals surface area contributed by atoms with Crippen LogP contribution in [0.4, 0.5) is 10.1 Å². The molecule has 0 aliphatic carbocycles. The summed E-state index contributed by atoms with van der Waals surface area (Å²) in [5.41, 5.74) is 7.04. The molecule has 2 aromatic heterocycles. The van der Waals surface area contributed by atoms with Crippen LogP contribution in [0.25, 0.3) is 0 Å². The van der Waals surface area contributed by atoms with Gasteiger partial charge in [-0.25, -0.2) is 9.18 Å². The summed E-state index contributed by atoms with van der Waals surface area (Å²) in [7, 11) is 1.29. The lowest BCUT2D eigenvalue weighted by Crippen LogP contribution is -2.10. The van der Waals surface area contributed by atoms with E-state index in [2.05, 4.69) is 9.72 Å². The van der Waals surface area contributed by atoms with E-state index in [0.29, 0.717) is 23.5 Å². The van der Waals surface area contributed by atoms with Crippen LogP contribution in [0.5, 0.6) is 0 Å². The van der Waals surface area contributed by atoms with E-state index < -0.39 is 11.8 Å². The van der Waals surface area contributed by atoms with Crippen LogP contribution in [0.3, 0.4) is 0 Å². The Balaban J connectivity index is 2.31. The highest BCUT2D eigenvalue weighted by molar-refractivity contribution is 5.89. The lowest BCUT2D eigenvalue weighted by Gasteiger charge is -2.07. The van der Waals surface area contributed by atoms with Crippen molar-refractivity contribution in [3.8, 4) is 0 Å². The second-order valence-electron chi connectivity index (χ2n) is 3.79. The third-order valence-electron chi connectivity index (χ3n) is 2.43. The maximum atomic E-state index is 13.0. The van der Waals surface area contributed by atoms with E-state index in [0.717, 1.165) is 6.20 Å². The second-order valence-corrected chi connectivity index (χ2v) is 3.79. The summed E-state index contributed by atoms with van der Waals surface area (Å²) >= 11 is 0. The third kappa shape index (κ3) is 2.48. The molecule has 2 heterocycles. The van der Waals surface area contributed by atoms with Crippen molar-refractivity contribution in [3.05, 3.63) is 47.8 Å². The molecule has 0 spiro atoms. The zero-order chi connectivity index (χ0) is 13.1. The molecular weight excluding hydrogens is 237 g/mol. The minimum Gasteiger partial charge on any atom is -0.464 e. The van der Waals surface area contributed by atoms with Crippen molar-refractivity contribution in [2.24, 2.45) is 0 Å². The Hall–Kier alpha value is -2.37. The highest BCUT2D eigenvalue weighted by Crippen LogP contribution is 2.14. The van der Waals surface area contributed by atoms with Gasteiger partial charge in [0.05, 0.1) is 19.0 Å². The summed E-state index contributed by atoms with van der Waals surface area (Å²) in [5, 5.41) is 0. The van der Waals surface area contributed by atoms with Crippen molar-refractivity contribution >= 4 is 11.7 Å². The molecule has 0 saturated heterocycles. The first-order valence-corrected chi connectivity index (χ1v) is 5.23. The monoisotopic (exact) mass is 249 g/mol. The second kappa shape index (κ2) is 4.87. The lowest BCUT2D eigenvalue weighted by molar-refractivity contribution is 0.0589. The number of carbonyl (C=O) groups is 1. The van der Waals surface area contributed by atoms with E-state index in [9.17, 15) is 9.18 Å². The van der Waals surface area contributed by atoms with Gasteiger partial charge in [-0.2, -0.15) is 0 Å². The van der Waals surface area contributed by atoms with Crippen LogP contribution in [0, 0.1) is 5.82 Å². The van der Waals surface area contributed by atoms with Crippen LogP contribution in [0.1, 0.15) is 16.1 Å². The van der Waals surface area contributed by atoms with Crippen LogP contribution < -0.4 is 5.73 Å². The summed E-state index contributed by atoms with van der Waals surface area (Å²) in [6.07, 6.45) is 4.24. The van der Waals surface area contributed by atoms with E-state index in [1.165, 1.54) is 25.4 Å². The first-order valence-electron chi connectivity index (χ1n) is 5.23. The quantitative estimate of drug-likeness (QED) is 0.835. The molecule has 0 saturated carbocycles. The fourth-order valence-corrected chi connectivity index (χ4v) is 1.68. The van der Waals surface area contributed by atoms with Crippen LogP contribution in [0.15, 0.2) is 30.7 Å². The molecule has 6 heteroatoms. The molecule has 0 radical (unpaired) electrons. The number of nitrogen functional groups attached to an aromatic ring is 1. The van der Waals surface area contributed by atoms with Crippen LogP contribution in [-0.4, -0.2) is 22.6 Å². The number of halogens is 1. The molecule has 0 atom stereocenters. The molecule has 0 unspecified atom stereocenters. The number of nitrogens with zero attached hydrogens (tertiary/aromatic N) is 2. The minimum absolute atomic E-state index is 0.298. The normalized spacial score (nSPS) is 10.3. The average Bonchev–Trinajstić information content (AvgIpc) is 2.69. The first kappa shape index (κ1) is 12.1. The zero-order valence-corrected chi connectivity index (χ0v) is 9.76. The molecule has 2 rings (SSSR count). The van der Waals surface area contributed by atoms with Crippen molar-refractivity contribution < 1.29 is 13.9 Å². The summed E-state index contributed by atoms with van der Waals surface area (Å²) in [5.74, 6) is -0.914. The van der Waals surface area contributed by atoms with Gasteiger partial charge in [-0.15, -0.1) is 0 Å². The number of aromatic nitrogens is 2. The molecule has 94 valence electrons. The van der Waals surface area contributed by atoms with Crippen molar-refractivity contribution in [2.75, 3.05) is 12.8 Å². The van der Waals surface area contributed by atoms with Crippen LogP contribution >= 0.6 is 0 Å². The topological polar surface area (TPSA) is 70.1 Å². The fourth-order valence-electron chi connectivity index (χ4n) is 1.68. The van der Waals surface area contributed by atoms with Gasteiger partial charge in [0.2, 0.25) is 0 Å². The van der Waals surface area contributed by atoms with Gasteiger partial charge >= 0.3 is 5.97 Å². The number of hydrogen-bond donors (Lipinski definition) is 1. The van der Waals surface area contributed by atoms with E-state index >= 15 is 0 Å². The number of pyridine rings is 1. The molecule has 2 N–H and O–H groups in total. The predicted octanol–water partition coefficient (Wildman–Crippen LogP) is 1.44. The summed E-state index contributed by atoms with van der Waals surface area (Å²) in [6.45, 7) is 0.298. The lowest BCUT2D eigenvalue weighted by atomic mass is 10.3. The van der Waals surface area contributed by atoms with Crippen molar-refractivity contribution in [1.82, 2.24) is 9.55 Å². The third-order valence-corrected chi connectivity index (χ3v) is 2.43. The Morgan fingerprint density at radius 2 is 2.28 bits per heavy atom. The van der Waals surface area contributed by atoms with Gasteiger partial charge in [0, 0.05) is 18.9 Å². The van der Waals surface area contributed by atoms with Gasteiger partial charge in [0.25, 0.3) is 0 Å². The number of carbonyl (C=O) groups excluding carboxylic acids is 1. The Morgan fingerprint density at radius 3 is 2.94 bits per heavy atom. The molecule has 0 fully saturated rings. The van der Waals surface area contributed by atoms with Crippen molar-refractivity contribution in [1.29, 1.82) is 0 Å². The average molecular weight is 249 g/mol. The Labute approximate surface area is 103 Å². The summed E-state index contributed by atoms with van der Waals surface area (Å²) in [4.78, 5) is 15.3. The van der Waals surface area contributed by atoms with Crippen molar-refractivity contribution in [2.45, 2.75) is 6.54 Å². The molecule has 0 aromatic carbocycles. The summed E-state index contributed by atoms with van der Waals surface area (Å²) in [6, 6.07) is 2.86. The summed E-state index contributed by atoms with van der Waals surface area (Å²) < 4.78 is 19.3. The molecule has 0 amide bonds. The minimum atomic E-state index is -0.490. The van der Waals surface area contributed by atoms with Gasteiger partial charge in [0.1, 0.15) is 11.5 Å². The van der Waals surface area contributed by atoms with E-state index in [1.54, 1.807) is 10.8 Å². The van der Waals surface area contributed by atoms with E-state index in [4.69, 9.17) is 5.73 Å². The molecule has 18 heavy (non-hydrogen) atoms. The highest BCUT2D eigenvalue weighted by Gasteiger charge is 2.13. The van der Waals surface area contributed by atoms with Gasteiger partial charge in [-0.05, 0) is 17.7 Å². The molecule has 0 aliphatic rings. The molecule has 5 nitrogen and oxygen atoms in total. The molecular formula is C12H12FN3O2. The number of anilines is 1. The number of esters is 1. The predicted molar refractivity (Wildman–Crippen MR) is 63.5 cm³/mol. The Bertz CT molecular complexity index is 580. The Morgan fingerprint density at radius 1 is 1.50 bits per heavy atom. The molecule has 0 aliphatic heterocycles. The van der Waals surface area contributed by atoms with Gasteiger partial charge in [-0.3, -0.25) is 4.98 Å². The number of hydrogen-bond acceptors (Lipinski definition) is 4. The number of methoxy groups -OCH3 is 1. The first-order chi connectivity index (χ1) is 8.60. The van der Waals surface area contributed by atoms with Gasteiger partial charge < -0.3 is 15.0 Å². The van der Waals surface area contributed by atoms with E-state index in [1.807, 2.05) is 0 Å². The largest absolute Gasteiger partial charge is 0.464 e. The maximum Gasteiger partial charge on any atom is 0.354 e. The van der Waals surface area contributed by atoms with E-state index in [-0.39, 0.29) is 0 Å². The van der Waals surface area contributed by atoms with Crippen LogP contribution in [0.2, 0.25) is 0 Å². The number of rotatable bonds is 3. The number of nitrogens with two attached hydrogens (primary N) is 1. The molecule has 2 aromatic rings. The zero-order valence-electron chi connectivity index (χ0n) is 9.76. The fraction of sp³-hybridized carbons (Fsp3) is 0.167. The van der Waals surface area contributed by atoms with Gasteiger partial charge in [0.15, 0.2) is 0 Å². The highest BCUT2D eigenvalue weighted by atomic mass is 19.1. The van der Waals surface area contributed by atoms with Crippen LogP contribution in [-0.2, 0) is 11.3 Å². The maximum absolute atomic E-state index is 13.0. The standard InChI is InChI=1S/C12H12FN3O2/c1-18-12(17)11-3-10(14)7-16(11)6-8-2-9(13)5-15-4-8/h2-5,7H,6,14H2,1H3. The smallest absolute Gasteiger partial charge is 0.354 e. The number of ether oxygens (including phenoxy) is 1. The SMILES string of the molecule is COC(=O)c1cc(N)cn1Cc1cncc(F)c1. The van der Waals surface area contributed by atoms with Crippen molar-refractivity contribution in [3.63, 3.8) is 0 Å². The Kier molecular flexibility index (Phi) is 3.27. The molecule has 0 bridgehead atoms.